The number of hydrogen-bond acceptors (Lipinski definition) is 3. The number of piperidine rings is 1. The van der Waals surface area contributed by atoms with E-state index in [2.05, 4.69) is 11.4 Å². The van der Waals surface area contributed by atoms with E-state index < -0.39 is 0 Å². The van der Waals surface area contributed by atoms with Gasteiger partial charge in [0.25, 0.3) is 0 Å². The van der Waals surface area contributed by atoms with E-state index >= 15 is 0 Å². The zero-order valence-electron chi connectivity index (χ0n) is 15.2. The number of nitrogens with one attached hydrogen (secondary N) is 1. The summed E-state index contributed by atoms with van der Waals surface area (Å²) >= 11 is 0. The topological polar surface area (TPSA) is 61.9 Å². The Morgan fingerprint density at radius 3 is 2.60 bits per heavy atom. The SMILES string of the molecule is C[C@H](NC(=O)C1CCN(C(=O)N(C)C)CC1)[C@@H]1COc2ccccc21. The Morgan fingerprint density at radius 1 is 1.24 bits per heavy atom. The van der Waals surface area contributed by atoms with Gasteiger partial charge in [0, 0.05) is 50.6 Å². The van der Waals surface area contributed by atoms with E-state index in [0.717, 1.165) is 18.6 Å². The van der Waals surface area contributed by atoms with Crippen molar-refractivity contribution in [1.82, 2.24) is 15.1 Å². The number of amides is 3. The molecule has 3 amide bonds. The molecule has 136 valence electrons. The lowest BCUT2D eigenvalue weighted by molar-refractivity contribution is -0.127. The summed E-state index contributed by atoms with van der Waals surface area (Å²) < 4.78 is 5.72. The second kappa shape index (κ2) is 7.33. The molecule has 3 rings (SSSR count). The van der Waals surface area contributed by atoms with Crippen molar-refractivity contribution in [2.75, 3.05) is 33.8 Å². The summed E-state index contributed by atoms with van der Waals surface area (Å²) in [4.78, 5) is 28.0. The predicted molar refractivity (Wildman–Crippen MR) is 95.7 cm³/mol. The van der Waals surface area contributed by atoms with Gasteiger partial charge in [-0.25, -0.2) is 4.79 Å². The summed E-state index contributed by atoms with van der Waals surface area (Å²) in [6.45, 7) is 3.92. The van der Waals surface area contributed by atoms with E-state index in [0.29, 0.717) is 19.7 Å². The first-order valence-corrected chi connectivity index (χ1v) is 8.95. The minimum Gasteiger partial charge on any atom is -0.493 e. The number of rotatable bonds is 3. The third-order valence-corrected chi connectivity index (χ3v) is 5.23. The number of carbonyl (C=O) groups excluding carboxylic acids is 2. The van der Waals surface area contributed by atoms with Gasteiger partial charge in [-0.05, 0) is 25.8 Å². The number of nitrogens with zero attached hydrogens (tertiary/aromatic N) is 2. The van der Waals surface area contributed by atoms with E-state index in [1.54, 1.807) is 19.0 Å². The molecule has 1 aromatic rings. The number of carbonyl (C=O) groups is 2. The van der Waals surface area contributed by atoms with E-state index in [1.165, 1.54) is 5.56 Å². The van der Waals surface area contributed by atoms with Gasteiger partial charge in [-0.15, -0.1) is 0 Å². The van der Waals surface area contributed by atoms with Crippen LogP contribution in [-0.4, -0.2) is 61.6 Å². The molecular formula is C19H27N3O3. The van der Waals surface area contributed by atoms with Gasteiger partial charge in [0.05, 0.1) is 6.61 Å². The molecule has 6 nitrogen and oxygen atoms in total. The normalized spacial score (nSPS) is 21.2. The van der Waals surface area contributed by atoms with Gasteiger partial charge in [0.2, 0.25) is 5.91 Å². The fraction of sp³-hybridized carbons (Fsp3) is 0.579. The van der Waals surface area contributed by atoms with Crippen molar-refractivity contribution in [2.24, 2.45) is 5.92 Å². The van der Waals surface area contributed by atoms with E-state index in [9.17, 15) is 9.59 Å². The Morgan fingerprint density at radius 2 is 1.92 bits per heavy atom. The fourth-order valence-corrected chi connectivity index (χ4v) is 3.66. The van der Waals surface area contributed by atoms with Crippen molar-refractivity contribution in [2.45, 2.75) is 31.7 Å². The highest BCUT2D eigenvalue weighted by atomic mass is 16.5. The number of ether oxygens (including phenoxy) is 1. The lowest BCUT2D eigenvalue weighted by Crippen LogP contribution is -2.48. The lowest BCUT2D eigenvalue weighted by atomic mass is 9.92. The molecule has 2 aliphatic rings. The minimum atomic E-state index is -0.0220. The van der Waals surface area contributed by atoms with Crippen LogP contribution in [0.4, 0.5) is 4.79 Å². The highest BCUT2D eigenvalue weighted by Gasteiger charge is 2.32. The van der Waals surface area contributed by atoms with E-state index in [4.69, 9.17) is 4.74 Å². The molecule has 0 bridgehead atoms. The van der Waals surface area contributed by atoms with Gasteiger partial charge in [-0.3, -0.25) is 4.79 Å². The third kappa shape index (κ3) is 3.72. The van der Waals surface area contributed by atoms with Crippen LogP contribution in [0.25, 0.3) is 0 Å². The van der Waals surface area contributed by atoms with Crippen molar-refractivity contribution < 1.29 is 14.3 Å². The number of fused-ring (bicyclic) bond motifs is 1. The van der Waals surface area contributed by atoms with Gasteiger partial charge in [0.15, 0.2) is 0 Å². The number of likely N-dealkylation sites (tertiary alicyclic amines) is 1. The third-order valence-electron chi connectivity index (χ3n) is 5.23. The first-order valence-electron chi connectivity index (χ1n) is 8.95. The quantitative estimate of drug-likeness (QED) is 0.912. The van der Waals surface area contributed by atoms with E-state index in [1.807, 2.05) is 30.0 Å². The van der Waals surface area contributed by atoms with Crippen molar-refractivity contribution in [3.05, 3.63) is 29.8 Å². The second-order valence-corrected chi connectivity index (χ2v) is 7.19. The number of para-hydroxylation sites is 1. The summed E-state index contributed by atoms with van der Waals surface area (Å²) in [6, 6.07) is 8.06. The maximum Gasteiger partial charge on any atom is 0.319 e. The largest absolute Gasteiger partial charge is 0.493 e. The molecule has 0 unspecified atom stereocenters. The van der Waals surface area contributed by atoms with Crippen LogP contribution in [0.15, 0.2) is 24.3 Å². The highest BCUT2D eigenvalue weighted by molar-refractivity contribution is 5.80. The number of hydrogen-bond donors (Lipinski definition) is 1. The zero-order chi connectivity index (χ0) is 18.0. The van der Waals surface area contributed by atoms with Crippen LogP contribution >= 0.6 is 0 Å². The van der Waals surface area contributed by atoms with Crippen LogP contribution in [-0.2, 0) is 4.79 Å². The Labute approximate surface area is 149 Å². The van der Waals surface area contributed by atoms with Gasteiger partial charge in [-0.2, -0.15) is 0 Å². The van der Waals surface area contributed by atoms with Crippen LogP contribution in [0.5, 0.6) is 5.75 Å². The average molecular weight is 345 g/mol. The van der Waals surface area contributed by atoms with Crippen LogP contribution in [0.2, 0.25) is 0 Å². The van der Waals surface area contributed by atoms with Crippen molar-refractivity contribution in [3.63, 3.8) is 0 Å². The van der Waals surface area contributed by atoms with Crippen molar-refractivity contribution in [1.29, 1.82) is 0 Å². The van der Waals surface area contributed by atoms with Gasteiger partial charge >= 0.3 is 6.03 Å². The highest BCUT2D eigenvalue weighted by Crippen LogP contribution is 2.35. The molecule has 0 spiro atoms. The number of benzene rings is 1. The molecule has 1 aromatic carbocycles. The van der Waals surface area contributed by atoms with Gasteiger partial charge in [-0.1, -0.05) is 18.2 Å². The number of urea groups is 1. The Kier molecular flexibility index (Phi) is 5.16. The first kappa shape index (κ1) is 17.6. The van der Waals surface area contributed by atoms with Gasteiger partial charge < -0.3 is 19.9 Å². The summed E-state index contributed by atoms with van der Waals surface area (Å²) in [5.41, 5.74) is 1.17. The molecule has 1 fully saturated rings. The van der Waals surface area contributed by atoms with Crippen LogP contribution in [0.3, 0.4) is 0 Å². The average Bonchev–Trinajstić information content (AvgIpc) is 3.05. The zero-order valence-corrected chi connectivity index (χ0v) is 15.2. The molecule has 2 heterocycles. The molecule has 2 atom stereocenters. The standard InChI is InChI=1S/C19H27N3O3/c1-13(16-12-25-17-7-5-4-6-15(16)17)20-18(23)14-8-10-22(11-9-14)19(24)21(2)3/h4-7,13-14,16H,8-12H2,1-3H3,(H,20,23)/t13-,16-/m0/s1. The molecule has 2 aliphatic heterocycles. The van der Waals surface area contributed by atoms with E-state index in [-0.39, 0.29) is 29.8 Å². The molecule has 6 heteroatoms. The Hall–Kier alpha value is -2.24. The Bertz CT molecular complexity index is 639. The lowest BCUT2D eigenvalue weighted by Gasteiger charge is -2.33. The maximum absolute atomic E-state index is 12.6. The van der Waals surface area contributed by atoms with Crippen LogP contribution < -0.4 is 10.1 Å². The second-order valence-electron chi connectivity index (χ2n) is 7.19. The first-order chi connectivity index (χ1) is 12.0. The summed E-state index contributed by atoms with van der Waals surface area (Å²) in [5, 5.41) is 3.17. The smallest absolute Gasteiger partial charge is 0.319 e. The summed E-state index contributed by atoms with van der Waals surface area (Å²) in [5.74, 6) is 1.18. The Balaban J connectivity index is 1.53. The summed E-state index contributed by atoms with van der Waals surface area (Å²) in [7, 11) is 3.51. The van der Waals surface area contributed by atoms with Crippen LogP contribution in [0.1, 0.15) is 31.2 Å². The maximum atomic E-state index is 12.6. The fourth-order valence-electron chi connectivity index (χ4n) is 3.66. The molecule has 0 saturated carbocycles. The monoisotopic (exact) mass is 345 g/mol. The molecule has 1 N–H and O–H groups in total. The minimum absolute atomic E-state index is 0.0203. The van der Waals surface area contributed by atoms with Crippen LogP contribution in [0, 0.1) is 5.92 Å². The molecule has 0 aliphatic carbocycles. The van der Waals surface area contributed by atoms with Gasteiger partial charge in [0.1, 0.15) is 5.75 Å². The predicted octanol–water partition coefficient (Wildman–Crippen LogP) is 2.06. The molecule has 0 aromatic heterocycles. The molecule has 25 heavy (non-hydrogen) atoms. The van der Waals surface area contributed by atoms with Crippen molar-refractivity contribution >= 4 is 11.9 Å². The molecule has 1 saturated heterocycles. The molecule has 0 radical (unpaired) electrons. The molecular weight excluding hydrogens is 318 g/mol. The van der Waals surface area contributed by atoms with Crippen molar-refractivity contribution in [3.8, 4) is 5.75 Å². The summed E-state index contributed by atoms with van der Waals surface area (Å²) in [6.07, 6.45) is 1.44.